The molecule has 4 N–H and O–H groups in total. The van der Waals surface area contributed by atoms with Crippen LogP contribution in [0.1, 0.15) is 44.9 Å². The predicted molar refractivity (Wildman–Crippen MR) is 141 cm³/mol. The molecule has 4 rings (SSSR count). The van der Waals surface area contributed by atoms with Gasteiger partial charge in [-0.25, -0.2) is 4.98 Å². The number of nitrogens with one attached hydrogen (secondary N) is 2. The van der Waals surface area contributed by atoms with E-state index in [-0.39, 0.29) is 17.6 Å². The first-order valence-corrected chi connectivity index (χ1v) is 12.3. The molecule has 184 valence electrons. The second kappa shape index (κ2) is 10.3. The van der Waals surface area contributed by atoms with Gasteiger partial charge in [-0.05, 0) is 74.1 Å². The summed E-state index contributed by atoms with van der Waals surface area (Å²) in [7, 11) is 3.94. The van der Waals surface area contributed by atoms with Gasteiger partial charge in [0.15, 0.2) is 5.69 Å². The van der Waals surface area contributed by atoms with Crippen LogP contribution in [0.15, 0.2) is 36.5 Å². The highest BCUT2D eigenvalue weighted by atomic mass is 32.1. The molecule has 0 spiro atoms. The normalized spacial score (nSPS) is 15.5. The second-order valence-electron chi connectivity index (χ2n) is 9.01. The monoisotopic (exact) mass is 493 g/mol. The number of benzene rings is 1. The van der Waals surface area contributed by atoms with Crippen LogP contribution in [0.4, 0.5) is 22.1 Å². The highest BCUT2D eigenvalue weighted by Gasteiger charge is 2.26. The molecule has 3 heterocycles. The molecule has 10 heteroatoms. The first-order chi connectivity index (χ1) is 16.7. The van der Waals surface area contributed by atoms with Gasteiger partial charge in [0.25, 0.3) is 11.8 Å². The number of carbonyl (C=O) groups excluding carboxylic acids is 2. The fraction of sp³-hybridized carbons (Fsp3) is 0.360. The number of aryl methyl sites for hydroxylation is 1. The molecule has 9 nitrogen and oxygen atoms in total. The number of nitrogens with zero attached hydrogens (tertiary/aromatic N) is 4. The number of nitrogens with two attached hydrogens (primary N) is 1. The van der Waals surface area contributed by atoms with Crippen molar-refractivity contribution < 1.29 is 9.59 Å². The molecule has 0 aliphatic carbocycles. The van der Waals surface area contributed by atoms with E-state index < -0.39 is 5.91 Å². The van der Waals surface area contributed by atoms with Crippen LogP contribution in [-0.4, -0.2) is 54.4 Å². The molecule has 1 aliphatic rings. The lowest BCUT2D eigenvalue weighted by Gasteiger charge is -2.36. The number of anilines is 4. The lowest BCUT2D eigenvalue weighted by atomic mass is 10.0. The molecule has 1 atom stereocenters. The van der Waals surface area contributed by atoms with E-state index in [1.807, 2.05) is 63.2 Å². The van der Waals surface area contributed by atoms with E-state index in [0.29, 0.717) is 17.8 Å². The van der Waals surface area contributed by atoms with Gasteiger partial charge in [-0.1, -0.05) is 0 Å². The van der Waals surface area contributed by atoms with Crippen molar-refractivity contribution in [2.75, 3.05) is 42.3 Å². The minimum absolute atomic E-state index is 0.000506. The molecule has 2 aromatic heterocycles. The van der Waals surface area contributed by atoms with E-state index in [9.17, 15) is 9.59 Å². The van der Waals surface area contributed by atoms with Gasteiger partial charge >= 0.3 is 0 Å². The zero-order chi connectivity index (χ0) is 25.1. The van der Waals surface area contributed by atoms with Crippen LogP contribution in [0.25, 0.3) is 0 Å². The third-order valence-electron chi connectivity index (χ3n) is 6.16. The minimum Gasteiger partial charge on any atom is -0.378 e. The number of hydrogen-bond donors (Lipinski definition) is 3. The summed E-state index contributed by atoms with van der Waals surface area (Å²) in [6.45, 7) is 5.35. The largest absolute Gasteiger partial charge is 0.378 e. The highest BCUT2D eigenvalue weighted by Crippen LogP contribution is 2.33. The Labute approximate surface area is 209 Å². The summed E-state index contributed by atoms with van der Waals surface area (Å²) in [6, 6.07) is 9.49. The van der Waals surface area contributed by atoms with Gasteiger partial charge in [-0.2, -0.15) is 4.37 Å². The van der Waals surface area contributed by atoms with Crippen molar-refractivity contribution in [2.45, 2.75) is 32.7 Å². The van der Waals surface area contributed by atoms with Gasteiger partial charge in [-0.3, -0.25) is 9.59 Å². The molecule has 1 aromatic carbocycles. The van der Waals surface area contributed by atoms with Gasteiger partial charge in [-0.15, -0.1) is 0 Å². The number of rotatable bonds is 7. The minimum atomic E-state index is -0.590. The molecular formula is C25H31N7O2S. The Morgan fingerprint density at radius 1 is 1.20 bits per heavy atom. The first kappa shape index (κ1) is 24.5. The van der Waals surface area contributed by atoms with Gasteiger partial charge in [0, 0.05) is 44.5 Å². The standard InChI is InChI=1S/C25H31N7O2S/c1-15-12-21(35-30-15)29-22-16(2)20(13-27-23(22)24(26)33)32-11-5-6-18(14-32)28-25(34)17-7-9-19(10-8-17)31(3)4/h7-10,12-13,18,29H,5-6,11,14H2,1-4H3,(H2,26,33)(H,28,34)/t18-/m1/s1. The topological polar surface area (TPSA) is 116 Å². The molecule has 0 unspecified atom stereocenters. The molecule has 0 radical (unpaired) electrons. The van der Waals surface area contributed by atoms with Crippen LogP contribution in [0.5, 0.6) is 0 Å². The summed E-state index contributed by atoms with van der Waals surface area (Å²) in [5, 5.41) is 7.29. The Morgan fingerprint density at radius 3 is 2.57 bits per heavy atom. The van der Waals surface area contributed by atoms with E-state index in [2.05, 4.69) is 24.9 Å². The lowest BCUT2D eigenvalue weighted by Crippen LogP contribution is -2.48. The van der Waals surface area contributed by atoms with Crippen molar-refractivity contribution in [3.63, 3.8) is 0 Å². The van der Waals surface area contributed by atoms with Gasteiger partial charge in [0.2, 0.25) is 0 Å². The van der Waals surface area contributed by atoms with Crippen LogP contribution in [0.2, 0.25) is 0 Å². The quantitative estimate of drug-likeness (QED) is 0.461. The Hall–Kier alpha value is -3.66. The van der Waals surface area contributed by atoms with Gasteiger partial charge in [0.05, 0.1) is 23.3 Å². The maximum atomic E-state index is 12.9. The van der Waals surface area contributed by atoms with Crippen molar-refractivity contribution in [1.29, 1.82) is 0 Å². The third kappa shape index (κ3) is 5.54. The number of pyridine rings is 1. The molecule has 1 fully saturated rings. The Bertz CT molecular complexity index is 1220. The molecule has 3 aromatic rings. The average Bonchev–Trinajstić information content (AvgIpc) is 3.24. The fourth-order valence-corrected chi connectivity index (χ4v) is 4.96. The number of carbonyl (C=O) groups is 2. The van der Waals surface area contributed by atoms with Crippen molar-refractivity contribution >= 4 is 45.4 Å². The highest BCUT2D eigenvalue weighted by molar-refractivity contribution is 7.10. The van der Waals surface area contributed by atoms with E-state index in [4.69, 9.17) is 5.73 Å². The van der Waals surface area contributed by atoms with Crippen LogP contribution in [0, 0.1) is 13.8 Å². The Morgan fingerprint density at radius 2 is 1.94 bits per heavy atom. The smallest absolute Gasteiger partial charge is 0.269 e. The van der Waals surface area contributed by atoms with Crippen LogP contribution in [-0.2, 0) is 0 Å². The van der Waals surface area contributed by atoms with Crippen LogP contribution < -0.4 is 26.2 Å². The van der Waals surface area contributed by atoms with E-state index in [0.717, 1.165) is 47.0 Å². The SMILES string of the molecule is Cc1cc(Nc2c(C(N)=O)ncc(N3CCC[C@@H](NC(=O)c4ccc(N(C)C)cc4)C3)c2C)sn1. The summed E-state index contributed by atoms with van der Waals surface area (Å²) in [4.78, 5) is 33.5. The number of piperidine rings is 1. The van der Waals surface area contributed by atoms with Gasteiger partial charge < -0.3 is 26.2 Å². The maximum Gasteiger partial charge on any atom is 0.269 e. The van der Waals surface area contributed by atoms with Crippen molar-refractivity contribution in [2.24, 2.45) is 5.73 Å². The molecule has 2 amide bonds. The number of amides is 2. The van der Waals surface area contributed by atoms with E-state index in [1.165, 1.54) is 11.5 Å². The summed E-state index contributed by atoms with van der Waals surface area (Å²) in [6.07, 6.45) is 3.52. The van der Waals surface area contributed by atoms with Crippen molar-refractivity contribution in [3.05, 3.63) is 59.0 Å². The summed E-state index contributed by atoms with van der Waals surface area (Å²) >= 11 is 1.32. The second-order valence-corrected chi connectivity index (χ2v) is 9.82. The number of aromatic nitrogens is 2. The van der Waals surface area contributed by atoms with Crippen LogP contribution >= 0.6 is 11.5 Å². The van der Waals surface area contributed by atoms with Gasteiger partial charge in [0.1, 0.15) is 5.00 Å². The molecule has 1 aliphatic heterocycles. The van der Waals surface area contributed by atoms with E-state index in [1.54, 1.807) is 6.20 Å². The lowest BCUT2D eigenvalue weighted by molar-refractivity contribution is 0.0932. The molecule has 1 saturated heterocycles. The maximum absolute atomic E-state index is 12.9. The molecule has 35 heavy (non-hydrogen) atoms. The van der Waals surface area contributed by atoms with Crippen LogP contribution in [0.3, 0.4) is 0 Å². The summed E-state index contributed by atoms with van der Waals surface area (Å²) < 4.78 is 4.29. The summed E-state index contributed by atoms with van der Waals surface area (Å²) in [5.41, 5.74) is 10.8. The van der Waals surface area contributed by atoms with E-state index >= 15 is 0 Å². The van der Waals surface area contributed by atoms with Crippen molar-refractivity contribution in [1.82, 2.24) is 14.7 Å². The number of hydrogen-bond acceptors (Lipinski definition) is 8. The predicted octanol–water partition coefficient (Wildman–Crippen LogP) is 3.46. The Kier molecular flexibility index (Phi) is 7.20. The molecule has 0 bridgehead atoms. The fourth-order valence-electron chi connectivity index (χ4n) is 4.29. The zero-order valence-corrected chi connectivity index (χ0v) is 21.3. The third-order valence-corrected chi connectivity index (χ3v) is 6.96. The first-order valence-electron chi connectivity index (χ1n) is 11.6. The zero-order valence-electron chi connectivity index (χ0n) is 20.5. The Balaban J connectivity index is 1.52. The molecular weight excluding hydrogens is 462 g/mol. The average molecular weight is 494 g/mol. The summed E-state index contributed by atoms with van der Waals surface area (Å²) in [5.74, 6) is -0.670. The number of primary amides is 1. The molecule has 0 saturated carbocycles. The van der Waals surface area contributed by atoms with Crippen molar-refractivity contribution in [3.8, 4) is 0 Å².